The van der Waals surface area contributed by atoms with E-state index in [1.54, 1.807) is 0 Å². The number of halogens is 5. The SMILES string of the molecule is O=C(Cl)c1cccc(-c2cccc(C(F)(F)F)c2)c1Cl. The largest absolute Gasteiger partial charge is 0.416 e. The van der Waals surface area contributed by atoms with Crippen molar-refractivity contribution < 1.29 is 18.0 Å². The fourth-order valence-corrected chi connectivity index (χ4v) is 2.30. The maximum atomic E-state index is 12.7. The summed E-state index contributed by atoms with van der Waals surface area (Å²) >= 11 is 11.4. The lowest BCUT2D eigenvalue weighted by Gasteiger charge is -2.11. The lowest BCUT2D eigenvalue weighted by Crippen LogP contribution is -2.04. The van der Waals surface area contributed by atoms with Gasteiger partial charge in [-0.15, -0.1) is 0 Å². The molecule has 0 heterocycles. The van der Waals surface area contributed by atoms with Crippen LogP contribution in [0.4, 0.5) is 13.2 Å². The first-order valence-electron chi connectivity index (χ1n) is 5.46. The molecule has 2 aromatic carbocycles. The number of hydrogen-bond acceptors (Lipinski definition) is 1. The summed E-state index contributed by atoms with van der Waals surface area (Å²) in [6, 6.07) is 9.16. The molecule has 0 fully saturated rings. The standard InChI is InChI=1S/C14H7Cl2F3O/c15-12-10(5-2-6-11(12)13(16)20)8-3-1-4-9(7-8)14(17,18)19/h1-7H. The summed E-state index contributed by atoms with van der Waals surface area (Å²) in [6.07, 6.45) is -4.44. The second-order valence-corrected chi connectivity index (χ2v) is 4.74. The monoisotopic (exact) mass is 318 g/mol. The molecule has 1 nitrogen and oxygen atoms in total. The van der Waals surface area contributed by atoms with Gasteiger partial charge in [-0.1, -0.05) is 35.9 Å². The highest BCUT2D eigenvalue weighted by Crippen LogP contribution is 2.35. The highest BCUT2D eigenvalue weighted by Gasteiger charge is 2.30. The Balaban J connectivity index is 2.58. The van der Waals surface area contributed by atoms with Gasteiger partial charge in [-0.2, -0.15) is 13.2 Å². The van der Waals surface area contributed by atoms with Crippen LogP contribution >= 0.6 is 23.2 Å². The van der Waals surface area contributed by atoms with Crippen LogP contribution in [0.25, 0.3) is 11.1 Å². The van der Waals surface area contributed by atoms with Crippen LogP contribution in [0.15, 0.2) is 42.5 Å². The highest BCUT2D eigenvalue weighted by atomic mass is 35.5. The molecule has 6 heteroatoms. The van der Waals surface area contributed by atoms with Gasteiger partial charge in [-0.25, -0.2) is 0 Å². The molecule has 0 spiro atoms. The Morgan fingerprint density at radius 2 is 1.70 bits per heavy atom. The summed E-state index contributed by atoms with van der Waals surface area (Å²) in [5.74, 6) is 0. The molecule has 2 aromatic rings. The molecule has 0 N–H and O–H groups in total. The molecule has 0 aliphatic carbocycles. The third kappa shape index (κ3) is 2.97. The topological polar surface area (TPSA) is 17.1 Å². The van der Waals surface area contributed by atoms with Crippen molar-refractivity contribution >= 4 is 28.4 Å². The molecule has 0 amide bonds. The van der Waals surface area contributed by atoms with Gasteiger partial charge in [0.1, 0.15) is 0 Å². The molecule has 20 heavy (non-hydrogen) atoms. The Morgan fingerprint density at radius 3 is 2.30 bits per heavy atom. The molecule has 0 aliphatic rings. The van der Waals surface area contributed by atoms with E-state index < -0.39 is 17.0 Å². The molecule has 0 saturated heterocycles. The van der Waals surface area contributed by atoms with E-state index in [1.807, 2.05) is 0 Å². The zero-order valence-corrected chi connectivity index (χ0v) is 11.4. The second kappa shape index (κ2) is 5.46. The average molecular weight is 319 g/mol. The van der Waals surface area contributed by atoms with Crippen molar-refractivity contribution in [2.45, 2.75) is 6.18 Å². The van der Waals surface area contributed by atoms with Crippen LogP contribution in [-0.2, 0) is 6.18 Å². The quantitative estimate of drug-likeness (QED) is 0.677. The van der Waals surface area contributed by atoms with E-state index in [4.69, 9.17) is 23.2 Å². The first-order chi connectivity index (χ1) is 9.30. The Hall–Kier alpha value is -1.52. The number of hydrogen-bond donors (Lipinski definition) is 0. The Labute approximate surface area is 122 Å². The van der Waals surface area contributed by atoms with Crippen LogP contribution in [-0.4, -0.2) is 5.24 Å². The van der Waals surface area contributed by atoms with Gasteiger partial charge in [-0.05, 0) is 35.4 Å². The zero-order chi connectivity index (χ0) is 14.9. The van der Waals surface area contributed by atoms with E-state index in [2.05, 4.69) is 0 Å². The van der Waals surface area contributed by atoms with Gasteiger partial charge in [0.2, 0.25) is 0 Å². The van der Waals surface area contributed by atoms with Crippen molar-refractivity contribution in [2.24, 2.45) is 0 Å². The molecule has 2 rings (SSSR count). The van der Waals surface area contributed by atoms with E-state index in [1.165, 1.54) is 30.3 Å². The van der Waals surface area contributed by atoms with Crippen LogP contribution in [0.2, 0.25) is 5.02 Å². The normalized spacial score (nSPS) is 11.4. The Bertz CT molecular complexity index is 666. The third-order valence-electron chi connectivity index (χ3n) is 2.71. The number of carbonyl (C=O) groups is 1. The maximum Gasteiger partial charge on any atom is 0.416 e. The number of carbonyl (C=O) groups excluding carboxylic acids is 1. The zero-order valence-electron chi connectivity index (χ0n) is 9.84. The molecular weight excluding hydrogens is 312 g/mol. The van der Waals surface area contributed by atoms with Crippen molar-refractivity contribution in [3.8, 4) is 11.1 Å². The summed E-state index contributed by atoms with van der Waals surface area (Å²) in [6.45, 7) is 0. The first-order valence-corrected chi connectivity index (χ1v) is 6.22. The molecule has 0 bridgehead atoms. The fraction of sp³-hybridized carbons (Fsp3) is 0.0714. The van der Waals surface area contributed by atoms with E-state index in [0.717, 1.165) is 12.1 Å². The van der Waals surface area contributed by atoms with E-state index in [-0.39, 0.29) is 16.1 Å². The minimum atomic E-state index is -4.44. The molecule has 104 valence electrons. The molecule has 0 saturated carbocycles. The summed E-state index contributed by atoms with van der Waals surface area (Å²) in [5.41, 5.74) is -0.134. The van der Waals surface area contributed by atoms with E-state index in [9.17, 15) is 18.0 Å². The summed E-state index contributed by atoms with van der Waals surface area (Å²) in [7, 11) is 0. The van der Waals surface area contributed by atoms with Crippen LogP contribution in [0.5, 0.6) is 0 Å². The lowest BCUT2D eigenvalue weighted by molar-refractivity contribution is -0.137. The smallest absolute Gasteiger partial charge is 0.276 e. The molecule has 0 aliphatic heterocycles. The van der Waals surface area contributed by atoms with Crippen molar-refractivity contribution in [1.82, 2.24) is 0 Å². The average Bonchev–Trinajstić information content (AvgIpc) is 2.38. The van der Waals surface area contributed by atoms with Gasteiger partial charge in [0.15, 0.2) is 0 Å². The highest BCUT2D eigenvalue weighted by molar-refractivity contribution is 6.69. The first kappa shape index (κ1) is 14.9. The molecule has 0 radical (unpaired) electrons. The van der Waals surface area contributed by atoms with Crippen molar-refractivity contribution in [3.63, 3.8) is 0 Å². The van der Waals surface area contributed by atoms with Gasteiger partial charge in [0.25, 0.3) is 5.24 Å². The van der Waals surface area contributed by atoms with Crippen LogP contribution in [0.1, 0.15) is 15.9 Å². The number of alkyl halides is 3. The summed E-state index contributed by atoms with van der Waals surface area (Å²) in [5, 5.41) is -0.726. The van der Waals surface area contributed by atoms with Gasteiger partial charge >= 0.3 is 6.18 Å². The Morgan fingerprint density at radius 1 is 1.05 bits per heavy atom. The predicted octanol–water partition coefficient (Wildman–Crippen LogP) is 5.40. The van der Waals surface area contributed by atoms with Crippen molar-refractivity contribution in [2.75, 3.05) is 0 Å². The minimum absolute atomic E-state index is 0.0341. The van der Waals surface area contributed by atoms with Crippen LogP contribution in [0, 0.1) is 0 Å². The Kier molecular flexibility index (Phi) is 4.06. The van der Waals surface area contributed by atoms with Crippen LogP contribution in [0.3, 0.4) is 0 Å². The predicted molar refractivity (Wildman–Crippen MR) is 72.1 cm³/mol. The fourth-order valence-electron chi connectivity index (χ4n) is 1.77. The molecule has 0 unspecified atom stereocenters. The molecule has 0 aromatic heterocycles. The van der Waals surface area contributed by atoms with Crippen LogP contribution < -0.4 is 0 Å². The number of rotatable bonds is 2. The van der Waals surface area contributed by atoms with E-state index >= 15 is 0 Å². The van der Waals surface area contributed by atoms with Crippen molar-refractivity contribution in [1.29, 1.82) is 0 Å². The van der Waals surface area contributed by atoms with Gasteiger partial charge in [-0.3, -0.25) is 4.79 Å². The maximum absolute atomic E-state index is 12.7. The van der Waals surface area contributed by atoms with Gasteiger partial charge in [0, 0.05) is 5.56 Å². The van der Waals surface area contributed by atoms with E-state index in [0.29, 0.717) is 5.56 Å². The number of benzene rings is 2. The minimum Gasteiger partial charge on any atom is -0.276 e. The summed E-state index contributed by atoms with van der Waals surface area (Å²) < 4.78 is 38.1. The van der Waals surface area contributed by atoms with Gasteiger partial charge in [0.05, 0.1) is 16.1 Å². The van der Waals surface area contributed by atoms with Crippen molar-refractivity contribution in [3.05, 3.63) is 58.6 Å². The lowest BCUT2D eigenvalue weighted by atomic mass is 10.0. The molecule has 0 atom stereocenters. The summed E-state index contributed by atoms with van der Waals surface area (Å²) in [4.78, 5) is 11.2. The van der Waals surface area contributed by atoms with Gasteiger partial charge < -0.3 is 0 Å². The second-order valence-electron chi connectivity index (χ2n) is 4.02. The third-order valence-corrected chi connectivity index (χ3v) is 3.32. The molecular formula is C14H7Cl2F3O.